The van der Waals surface area contributed by atoms with Gasteiger partial charge >= 0.3 is 11.9 Å². The van der Waals surface area contributed by atoms with Crippen LogP contribution in [0.2, 0.25) is 0 Å². The molecule has 304 valence electrons. The fourth-order valence-electron chi connectivity index (χ4n) is 6.28. The molecule has 1 atom stereocenters. The van der Waals surface area contributed by atoms with Crippen LogP contribution in [0.1, 0.15) is 226 Å². The van der Waals surface area contributed by atoms with Gasteiger partial charge in [0.2, 0.25) is 0 Å². The molecular weight excluding hydrogens is 645 g/mol. The predicted molar refractivity (Wildman–Crippen MR) is 224 cm³/mol. The van der Waals surface area contributed by atoms with Gasteiger partial charge in [-0.25, -0.2) is 0 Å². The van der Waals surface area contributed by atoms with Gasteiger partial charge < -0.3 is 14.2 Å². The molecule has 0 saturated heterocycles. The summed E-state index contributed by atoms with van der Waals surface area (Å²) in [6.07, 6.45) is 50.2. The number of rotatable bonds is 41. The molecule has 0 fully saturated rings. The number of carbonyl (C=O) groups excluding carboxylic acids is 2. The van der Waals surface area contributed by atoms with E-state index in [9.17, 15) is 9.59 Å². The lowest BCUT2D eigenvalue weighted by Crippen LogP contribution is -2.30. The summed E-state index contributed by atoms with van der Waals surface area (Å²) >= 11 is 0. The molecule has 0 radical (unpaired) electrons. The maximum Gasteiger partial charge on any atom is 0.306 e. The number of carbonyl (C=O) groups is 2. The van der Waals surface area contributed by atoms with Crippen molar-refractivity contribution in [1.82, 2.24) is 0 Å². The molecule has 5 heteroatoms. The van der Waals surface area contributed by atoms with Gasteiger partial charge in [-0.2, -0.15) is 0 Å². The van der Waals surface area contributed by atoms with Gasteiger partial charge in [0.25, 0.3) is 0 Å². The van der Waals surface area contributed by atoms with Crippen molar-refractivity contribution >= 4 is 11.9 Å². The van der Waals surface area contributed by atoms with Crippen molar-refractivity contribution in [3.63, 3.8) is 0 Å². The van der Waals surface area contributed by atoms with Crippen molar-refractivity contribution in [2.75, 3.05) is 19.8 Å². The fraction of sp³-hybridized carbons (Fsp3) is 0.830. The van der Waals surface area contributed by atoms with E-state index >= 15 is 0 Å². The highest BCUT2D eigenvalue weighted by Crippen LogP contribution is 2.14. The first-order valence-corrected chi connectivity index (χ1v) is 22.5. The number of ether oxygens (including phenoxy) is 3. The first-order valence-electron chi connectivity index (χ1n) is 22.5. The lowest BCUT2D eigenvalue weighted by molar-refractivity contribution is -0.163. The molecule has 0 aromatic heterocycles. The Hall–Kier alpha value is -1.88. The second-order valence-electron chi connectivity index (χ2n) is 15.0. The Labute approximate surface area is 323 Å². The van der Waals surface area contributed by atoms with Gasteiger partial charge in [-0.15, -0.1) is 0 Å². The van der Waals surface area contributed by atoms with E-state index in [1.807, 2.05) is 0 Å². The van der Waals surface area contributed by atoms with Crippen molar-refractivity contribution in [1.29, 1.82) is 0 Å². The normalized spacial score (nSPS) is 12.4. The van der Waals surface area contributed by atoms with Crippen molar-refractivity contribution in [2.45, 2.75) is 232 Å². The number of unbranched alkanes of at least 4 members (excludes halogenated alkanes) is 24. The topological polar surface area (TPSA) is 61.8 Å². The first kappa shape index (κ1) is 50.1. The summed E-state index contributed by atoms with van der Waals surface area (Å²) in [5.41, 5.74) is 0. The molecule has 0 rings (SSSR count). The van der Waals surface area contributed by atoms with Crippen LogP contribution in [-0.2, 0) is 23.8 Å². The monoisotopic (exact) mass is 731 g/mol. The summed E-state index contributed by atoms with van der Waals surface area (Å²) in [6.45, 7) is 7.71. The highest BCUT2D eigenvalue weighted by Gasteiger charge is 2.17. The van der Waals surface area contributed by atoms with Gasteiger partial charge in [0.1, 0.15) is 6.61 Å². The molecule has 0 amide bonds. The van der Waals surface area contributed by atoms with Crippen LogP contribution in [0, 0.1) is 0 Å². The molecule has 0 saturated carbocycles. The Morgan fingerprint density at radius 3 is 1.33 bits per heavy atom. The number of esters is 2. The molecule has 0 aromatic carbocycles. The van der Waals surface area contributed by atoms with E-state index in [1.54, 1.807) is 0 Å². The molecule has 1 unspecified atom stereocenters. The van der Waals surface area contributed by atoms with Gasteiger partial charge in [-0.05, 0) is 57.8 Å². The fourth-order valence-corrected chi connectivity index (χ4v) is 6.28. The molecule has 0 N–H and O–H groups in total. The molecule has 0 spiro atoms. The van der Waals surface area contributed by atoms with Crippen LogP contribution in [0.3, 0.4) is 0 Å². The van der Waals surface area contributed by atoms with E-state index in [0.29, 0.717) is 19.4 Å². The molecule has 0 aliphatic rings. The maximum absolute atomic E-state index is 12.5. The van der Waals surface area contributed by atoms with E-state index in [1.165, 1.54) is 135 Å². The van der Waals surface area contributed by atoms with Gasteiger partial charge in [-0.3, -0.25) is 9.59 Å². The van der Waals surface area contributed by atoms with Crippen LogP contribution < -0.4 is 0 Å². The average molecular weight is 731 g/mol. The SMILES string of the molecule is CCCCC/C=C\C/C=C\C/C=C\CCCCCCCCCOCC(COC(=O)CCCCCCCCCCCCC)OC(=O)CCCCCCC. The van der Waals surface area contributed by atoms with Crippen LogP contribution in [0.15, 0.2) is 36.5 Å². The van der Waals surface area contributed by atoms with Crippen molar-refractivity contribution in [3.8, 4) is 0 Å². The zero-order valence-electron chi connectivity index (χ0n) is 34.8. The van der Waals surface area contributed by atoms with Crippen LogP contribution in [0.5, 0.6) is 0 Å². The van der Waals surface area contributed by atoms with E-state index in [0.717, 1.165) is 57.8 Å². The highest BCUT2D eigenvalue weighted by molar-refractivity contribution is 5.70. The lowest BCUT2D eigenvalue weighted by atomic mass is 10.1. The molecule has 0 aromatic rings. The van der Waals surface area contributed by atoms with Crippen molar-refractivity contribution in [3.05, 3.63) is 36.5 Å². The van der Waals surface area contributed by atoms with Crippen LogP contribution in [0.4, 0.5) is 0 Å². The van der Waals surface area contributed by atoms with Crippen LogP contribution in [-0.4, -0.2) is 37.9 Å². The van der Waals surface area contributed by atoms with Crippen molar-refractivity contribution in [2.24, 2.45) is 0 Å². The largest absolute Gasteiger partial charge is 0.462 e. The summed E-state index contributed by atoms with van der Waals surface area (Å²) in [5.74, 6) is -0.410. The number of hydrogen-bond acceptors (Lipinski definition) is 5. The average Bonchev–Trinajstić information content (AvgIpc) is 3.14. The Bertz CT molecular complexity index is 832. The number of hydrogen-bond donors (Lipinski definition) is 0. The minimum Gasteiger partial charge on any atom is -0.462 e. The molecule has 52 heavy (non-hydrogen) atoms. The Morgan fingerprint density at radius 1 is 0.423 bits per heavy atom. The zero-order valence-corrected chi connectivity index (χ0v) is 34.8. The van der Waals surface area contributed by atoms with Crippen molar-refractivity contribution < 1.29 is 23.8 Å². The quantitative estimate of drug-likeness (QED) is 0.0356. The van der Waals surface area contributed by atoms with E-state index in [4.69, 9.17) is 14.2 Å². The highest BCUT2D eigenvalue weighted by atomic mass is 16.6. The molecular formula is C47H86O5. The zero-order chi connectivity index (χ0) is 37.8. The molecule has 5 nitrogen and oxygen atoms in total. The minimum atomic E-state index is -0.531. The smallest absolute Gasteiger partial charge is 0.306 e. The predicted octanol–water partition coefficient (Wildman–Crippen LogP) is 14.7. The lowest BCUT2D eigenvalue weighted by Gasteiger charge is -2.18. The third-order valence-electron chi connectivity index (χ3n) is 9.68. The molecule has 0 heterocycles. The van der Waals surface area contributed by atoms with Crippen LogP contribution in [0.25, 0.3) is 0 Å². The van der Waals surface area contributed by atoms with E-state index in [2.05, 4.69) is 57.2 Å². The third-order valence-corrected chi connectivity index (χ3v) is 9.68. The maximum atomic E-state index is 12.5. The van der Waals surface area contributed by atoms with Gasteiger partial charge in [0.05, 0.1) is 6.61 Å². The Morgan fingerprint density at radius 2 is 0.808 bits per heavy atom. The Balaban J connectivity index is 4.03. The summed E-state index contributed by atoms with van der Waals surface area (Å²) in [5, 5.41) is 0. The van der Waals surface area contributed by atoms with Gasteiger partial charge in [-0.1, -0.05) is 192 Å². The van der Waals surface area contributed by atoms with Gasteiger partial charge in [0.15, 0.2) is 6.10 Å². The van der Waals surface area contributed by atoms with Crippen LogP contribution >= 0.6 is 0 Å². The number of allylic oxidation sites excluding steroid dienone is 6. The first-order chi connectivity index (χ1) is 25.6. The molecule has 0 bridgehead atoms. The summed E-state index contributed by atoms with van der Waals surface area (Å²) in [7, 11) is 0. The summed E-state index contributed by atoms with van der Waals surface area (Å²) in [4.78, 5) is 24.9. The summed E-state index contributed by atoms with van der Waals surface area (Å²) in [6, 6.07) is 0. The Kier molecular flexibility index (Phi) is 42.0. The second-order valence-corrected chi connectivity index (χ2v) is 15.0. The van der Waals surface area contributed by atoms with E-state index < -0.39 is 6.10 Å². The van der Waals surface area contributed by atoms with Gasteiger partial charge in [0, 0.05) is 19.4 Å². The van der Waals surface area contributed by atoms with E-state index in [-0.39, 0.29) is 25.2 Å². The molecule has 0 aliphatic carbocycles. The minimum absolute atomic E-state index is 0.0845. The standard InChI is InChI=1S/C47H86O5/c1-4-7-10-13-15-17-19-20-21-22-23-24-25-26-27-29-31-33-36-39-42-50-43-45(52-47(49)41-38-34-12-9-6-3)44-51-46(48)40-37-35-32-30-28-18-16-14-11-8-5-2/h15,17,20-21,23-24,45H,4-14,16,18-19,22,25-44H2,1-3H3/b17-15-,21-20-,24-23-. The summed E-state index contributed by atoms with van der Waals surface area (Å²) < 4.78 is 17.2. The molecule has 0 aliphatic heterocycles. The second kappa shape index (κ2) is 43.5. The third kappa shape index (κ3) is 40.9.